The minimum atomic E-state index is -0.172. The van der Waals surface area contributed by atoms with E-state index in [0.29, 0.717) is 11.4 Å². The summed E-state index contributed by atoms with van der Waals surface area (Å²) < 4.78 is 0. The molecule has 0 fully saturated rings. The fraction of sp³-hybridized carbons (Fsp3) is 0.308. The van der Waals surface area contributed by atoms with Gasteiger partial charge in [0.1, 0.15) is 5.82 Å². The van der Waals surface area contributed by atoms with Crippen molar-refractivity contribution >= 4 is 17.4 Å². The first-order chi connectivity index (χ1) is 9.11. The summed E-state index contributed by atoms with van der Waals surface area (Å²) in [5.74, 6) is 0.518. The molecule has 19 heavy (non-hydrogen) atoms. The van der Waals surface area contributed by atoms with Gasteiger partial charge in [0.15, 0.2) is 0 Å². The minimum absolute atomic E-state index is 0.172. The number of nitrogens with one attached hydrogen (secondary N) is 3. The van der Waals surface area contributed by atoms with Gasteiger partial charge in [-0.25, -0.2) is 4.98 Å². The normalized spacial score (nSPS) is 10.3. The summed E-state index contributed by atoms with van der Waals surface area (Å²) in [6, 6.07) is 3.41. The Bertz CT molecular complexity index is 571. The van der Waals surface area contributed by atoms with E-state index in [-0.39, 0.29) is 5.91 Å². The highest BCUT2D eigenvalue weighted by molar-refractivity contribution is 6.05. The van der Waals surface area contributed by atoms with Crippen LogP contribution in [0.15, 0.2) is 18.3 Å². The zero-order valence-corrected chi connectivity index (χ0v) is 11.2. The van der Waals surface area contributed by atoms with Crippen LogP contribution in [0.1, 0.15) is 28.7 Å². The highest BCUT2D eigenvalue weighted by Crippen LogP contribution is 2.17. The Morgan fingerprint density at radius 1 is 1.42 bits per heavy atom. The molecular weight excluding hydrogens is 242 g/mol. The van der Waals surface area contributed by atoms with Gasteiger partial charge in [-0.2, -0.15) is 5.10 Å². The fourth-order valence-corrected chi connectivity index (χ4v) is 1.77. The summed E-state index contributed by atoms with van der Waals surface area (Å²) in [5, 5.41) is 12.8. The van der Waals surface area contributed by atoms with Gasteiger partial charge in [0, 0.05) is 18.3 Å². The SMILES string of the molecule is CCNc1cc(C(=O)Nc2c(C)n[nH]c2C)ccn1. The van der Waals surface area contributed by atoms with Gasteiger partial charge in [0.2, 0.25) is 0 Å². The Kier molecular flexibility index (Phi) is 3.79. The minimum Gasteiger partial charge on any atom is -0.370 e. The first-order valence-electron chi connectivity index (χ1n) is 6.14. The topological polar surface area (TPSA) is 82.7 Å². The first-order valence-corrected chi connectivity index (χ1v) is 6.14. The predicted molar refractivity (Wildman–Crippen MR) is 74.4 cm³/mol. The highest BCUT2D eigenvalue weighted by atomic mass is 16.1. The Morgan fingerprint density at radius 2 is 2.21 bits per heavy atom. The van der Waals surface area contributed by atoms with E-state index >= 15 is 0 Å². The van der Waals surface area contributed by atoms with Gasteiger partial charge in [0.05, 0.1) is 17.1 Å². The van der Waals surface area contributed by atoms with Crippen LogP contribution in [0.4, 0.5) is 11.5 Å². The maximum absolute atomic E-state index is 12.2. The van der Waals surface area contributed by atoms with Crippen LogP contribution in [-0.2, 0) is 0 Å². The van der Waals surface area contributed by atoms with Crippen molar-refractivity contribution in [3.63, 3.8) is 0 Å². The molecule has 0 bridgehead atoms. The number of aromatic amines is 1. The molecule has 3 N–H and O–H groups in total. The van der Waals surface area contributed by atoms with Crippen molar-refractivity contribution in [2.24, 2.45) is 0 Å². The quantitative estimate of drug-likeness (QED) is 0.785. The van der Waals surface area contributed by atoms with Crippen LogP contribution in [0.5, 0.6) is 0 Å². The van der Waals surface area contributed by atoms with Gasteiger partial charge in [-0.15, -0.1) is 0 Å². The number of hydrogen-bond donors (Lipinski definition) is 3. The van der Waals surface area contributed by atoms with Crippen LogP contribution in [0, 0.1) is 13.8 Å². The van der Waals surface area contributed by atoms with Crippen molar-refractivity contribution in [1.82, 2.24) is 15.2 Å². The van der Waals surface area contributed by atoms with Crippen molar-refractivity contribution < 1.29 is 4.79 Å². The molecule has 0 spiro atoms. The molecule has 2 aromatic rings. The van der Waals surface area contributed by atoms with Crippen LogP contribution >= 0.6 is 0 Å². The molecule has 0 saturated carbocycles. The average Bonchev–Trinajstić information content (AvgIpc) is 2.71. The largest absolute Gasteiger partial charge is 0.370 e. The molecule has 0 aliphatic rings. The number of nitrogens with zero attached hydrogens (tertiary/aromatic N) is 2. The zero-order chi connectivity index (χ0) is 13.8. The molecule has 0 saturated heterocycles. The lowest BCUT2D eigenvalue weighted by atomic mass is 10.2. The maximum Gasteiger partial charge on any atom is 0.255 e. The van der Waals surface area contributed by atoms with Crippen LogP contribution in [0.25, 0.3) is 0 Å². The molecule has 0 unspecified atom stereocenters. The van der Waals surface area contributed by atoms with Crippen LogP contribution in [0.3, 0.4) is 0 Å². The third-order valence-corrected chi connectivity index (χ3v) is 2.75. The summed E-state index contributed by atoms with van der Waals surface area (Å²) in [6.07, 6.45) is 1.61. The molecule has 6 nitrogen and oxygen atoms in total. The highest BCUT2D eigenvalue weighted by Gasteiger charge is 2.12. The number of aryl methyl sites for hydroxylation is 2. The number of carbonyl (C=O) groups excluding carboxylic acids is 1. The number of rotatable bonds is 4. The predicted octanol–water partition coefficient (Wildman–Crippen LogP) is 2.11. The van der Waals surface area contributed by atoms with Gasteiger partial charge in [0.25, 0.3) is 5.91 Å². The van der Waals surface area contributed by atoms with Crippen LogP contribution < -0.4 is 10.6 Å². The van der Waals surface area contributed by atoms with Gasteiger partial charge in [-0.1, -0.05) is 0 Å². The second-order valence-corrected chi connectivity index (χ2v) is 4.22. The Balaban J connectivity index is 2.18. The van der Waals surface area contributed by atoms with E-state index in [1.165, 1.54) is 0 Å². The average molecular weight is 259 g/mol. The molecule has 2 rings (SSSR count). The van der Waals surface area contributed by atoms with E-state index in [1.807, 2.05) is 20.8 Å². The number of carbonyl (C=O) groups is 1. The van der Waals surface area contributed by atoms with Crippen molar-refractivity contribution in [2.75, 3.05) is 17.2 Å². The Morgan fingerprint density at radius 3 is 2.84 bits per heavy atom. The number of aromatic nitrogens is 3. The smallest absolute Gasteiger partial charge is 0.255 e. The van der Waals surface area contributed by atoms with E-state index < -0.39 is 0 Å². The van der Waals surface area contributed by atoms with Crippen molar-refractivity contribution in [2.45, 2.75) is 20.8 Å². The van der Waals surface area contributed by atoms with Gasteiger partial charge in [-0.3, -0.25) is 9.89 Å². The van der Waals surface area contributed by atoms with Crippen LogP contribution in [-0.4, -0.2) is 27.6 Å². The van der Waals surface area contributed by atoms with Crippen molar-refractivity contribution in [3.8, 4) is 0 Å². The van der Waals surface area contributed by atoms with Gasteiger partial charge < -0.3 is 10.6 Å². The second kappa shape index (κ2) is 5.51. The number of pyridine rings is 1. The molecule has 100 valence electrons. The summed E-state index contributed by atoms with van der Waals surface area (Å²) in [4.78, 5) is 16.3. The lowest BCUT2D eigenvalue weighted by molar-refractivity contribution is 0.102. The van der Waals surface area contributed by atoms with E-state index in [9.17, 15) is 4.79 Å². The molecule has 0 atom stereocenters. The molecule has 0 aliphatic heterocycles. The Hall–Kier alpha value is -2.37. The molecule has 0 radical (unpaired) electrons. The van der Waals surface area contributed by atoms with E-state index in [4.69, 9.17) is 0 Å². The standard InChI is InChI=1S/C13H17N5O/c1-4-14-11-7-10(5-6-15-11)13(19)16-12-8(2)17-18-9(12)3/h5-7H,4H2,1-3H3,(H,14,15)(H,16,19)(H,17,18). The molecule has 0 aromatic carbocycles. The first kappa shape index (κ1) is 13.1. The summed E-state index contributed by atoms with van der Waals surface area (Å²) >= 11 is 0. The second-order valence-electron chi connectivity index (χ2n) is 4.22. The monoisotopic (exact) mass is 259 g/mol. The summed E-state index contributed by atoms with van der Waals surface area (Å²) in [5.41, 5.74) is 2.90. The number of H-pyrrole nitrogens is 1. The third-order valence-electron chi connectivity index (χ3n) is 2.75. The molecule has 1 amide bonds. The molecule has 0 aliphatic carbocycles. The molecular formula is C13H17N5O. The lowest BCUT2D eigenvalue weighted by Crippen LogP contribution is -2.13. The number of anilines is 2. The molecule has 6 heteroatoms. The van der Waals surface area contributed by atoms with Crippen LogP contribution in [0.2, 0.25) is 0 Å². The summed E-state index contributed by atoms with van der Waals surface area (Å²) in [6.45, 7) is 6.45. The zero-order valence-electron chi connectivity index (χ0n) is 11.2. The third kappa shape index (κ3) is 2.90. The van der Waals surface area contributed by atoms with E-state index in [0.717, 1.165) is 23.6 Å². The fourth-order valence-electron chi connectivity index (χ4n) is 1.77. The lowest BCUT2D eigenvalue weighted by Gasteiger charge is -2.07. The number of amides is 1. The summed E-state index contributed by atoms with van der Waals surface area (Å²) in [7, 11) is 0. The van der Waals surface area contributed by atoms with Gasteiger partial charge in [-0.05, 0) is 32.9 Å². The van der Waals surface area contributed by atoms with E-state index in [1.54, 1.807) is 18.3 Å². The van der Waals surface area contributed by atoms with Crippen molar-refractivity contribution in [1.29, 1.82) is 0 Å². The van der Waals surface area contributed by atoms with Gasteiger partial charge >= 0.3 is 0 Å². The van der Waals surface area contributed by atoms with E-state index in [2.05, 4.69) is 25.8 Å². The molecule has 2 heterocycles. The Labute approximate surface area is 111 Å². The number of hydrogen-bond acceptors (Lipinski definition) is 4. The van der Waals surface area contributed by atoms with Crippen molar-refractivity contribution in [3.05, 3.63) is 35.3 Å². The molecule has 2 aromatic heterocycles. The maximum atomic E-state index is 12.2.